The highest BCUT2D eigenvalue weighted by atomic mass is 16.4. The number of carbonyl (C=O) groups is 3. The minimum Gasteiger partial charge on any atom is -0.481 e. The fraction of sp³-hybridized carbons (Fsp3) is 0.667. The molecule has 0 aliphatic rings. The standard InChI is InChI=1S/C9H14O6/c1-4(2)5(7(10)11)3-6(8(12)13)9(14)15/h4-6H,3H2,1-2H3,(H,10,11)(H,12,13)(H,14,15). The van der Waals surface area contributed by atoms with Crippen LogP contribution >= 0.6 is 0 Å². The molecule has 15 heavy (non-hydrogen) atoms. The van der Waals surface area contributed by atoms with E-state index in [1.807, 2.05) is 0 Å². The third-order valence-corrected chi connectivity index (χ3v) is 2.21. The quantitative estimate of drug-likeness (QED) is 0.560. The van der Waals surface area contributed by atoms with Crippen molar-refractivity contribution in [1.82, 2.24) is 0 Å². The molecule has 0 rings (SSSR count). The highest BCUT2D eigenvalue weighted by Gasteiger charge is 2.33. The zero-order valence-electron chi connectivity index (χ0n) is 8.51. The zero-order chi connectivity index (χ0) is 12.2. The van der Waals surface area contributed by atoms with Gasteiger partial charge in [0.15, 0.2) is 5.92 Å². The molecule has 0 saturated carbocycles. The molecule has 6 nitrogen and oxygen atoms in total. The van der Waals surface area contributed by atoms with Crippen molar-refractivity contribution in [2.24, 2.45) is 17.8 Å². The Hall–Kier alpha value is -1.59. The second kappa shape index (κ2) is 5.33. The predicted molar refractivity (Wildman–Crippen MR) is 49.3 cm³/mol. The van der Waals surface area contributed by atoms with E-state index < -0.39 is 36.2 Å². The lowest BCUT2D eigenvalue weighted by Crippen LogP contribution is -2.31. The zero-order valence-corrected chi connectivity index (χ0v) is 8.51. The minimum atomic E-state index is -1.66. The van der Waals surface area contributed by atoms with E-state index >= 15 is 0 Å². The summed E-state index contributed by atoms with van der Waals surface area (Å²) >= 11 is 0. The van der Waals surface area contributed by atoms with Crippen LogP contribution in [0.4, 0.5) is 0 Å². The molecule has 0 aromatic carbocycles. The van der Waals surface area contributed by atoms with Gasteiger partial charge in [-0.2, -0.15) is 0 Å². The Morgan fingerprint density at radius 3 is 1.53 bits per heavy atom. The maximum atomic E-state index is 10.7. The molecule has 86 valence electrons. The Balaban J connectivity index is 4.69. The van der Waals surface area contributed by atoms with Gasteiger partial charge in [0.05, 0.1) is 5.92 Å². The van der Waals surface area contributed by atoms with Gasteiger partial charge in [-0.1, -0.05) is 13.8 Å². The van der Waals surface area contributed by atoms with Crippen LogP contribution < -0.4 is 0 Å². The number of aliphatic carboxylic acids is 3. The van der Waals surface area contributed by atoms with Crippen molar-refractivity contribution in [1.29, 1.82) is 0 Å². The average molecular weight is 218 g/mol. The Morgan fingerprint density at radius 1 is 0.933 bits per heavy atom. The van der Waals surface area contributed by atoms with Crippen LogP contribution in [0.2, 0.25) is 0 Å². The van der Waals surface area contributed by atoms with Gasteiger partial charge in [0.25, 0.3) is 0 Å². The molecule has 1 atom stereocenters. The number of hydrogen-bond acceptors (Lipinski definition) is 3. The van der Waals surface area contributed by atoms with Gasteiger partial charge in [0, 0.05) is 0 Å². The molecule has 0 heterocycles. The van der Waals surface area contributed by atoms with Crippen molar-refractivity contribution in [2.45, 2.75) is 20.3 Å². The van der Waals surface area contributed by atoms with Gasteiger partial charge in [0.1, 0.15) is 0 Å². The lowest BCUT2D eigenvalue weighted by molar-refractivity contribution is -0.156. The van der Waals surface area contributed by atoms with Crippen molar-refractivity contribution >= 4 is 17.9 Å². The molecule has 0 bridgehead atoms. The first-order valence-corrected chi connectivity index (χ1v) is 4.45. The van der Waals surface area contributed by atoms with E-state index in [1.54, 1.807) is 13.8 Å². The molecule has 0 aromatic rings. The van der Waals surface area contributed by atoms with E-state index in [-0.39, 0.29) is 5.92 Å². The van der Waals surface area contributed by atoms with Crippen LogP contribution in [0, 0.1) is 17.8 Å². The molecule has 0 fully saturated rings. The first kappa shape index (κ1) is 13.4. The minimum absolute atomic E-state index is 0.302. The van der Waals surface area contributed by atoms with E-state index in [9.17, 15) is 14.4 Å². The number of hydrogen-bond donors (Lipinski definition) is 3. The van der Waals surface area contributed by atoms with Gasteiger partial charge < -0.3 is 15.3 Å². The van der Waals surface area contributed by atoms with Crippen LogP contribution in [0.15, 0.2) is 0 Å². The van der Waals surface area contributed by atoms with E-state index in [1.165, 1.54) is 0 Å². The van der Waals surface area contributed by atoms with Gasteiger partial charge in [-0.15, -0.1) is 0 Å². The fourth-order valence-corrected chi connectivity index (χ4v) is 1.22. The molecule has 0 aliphatic carbocycles. The van der Waals surface area contributed by atoms with Crippen molar-refractivity contribution < 1.29 is 29.7 Å². The summed E-state index contributed by atoms with van der Waals surface area (Å²) in [6.45, 7) is 3.22. The van der Waals surface area contributed by atoms with Crippen molar-refractivity contribution in [3.8, 4) is 0 Å². The molecule has 3 N–H and O–H groups in total. The molecule has 0 radical (unpaired) electrons. The predicted octanol–water partition coefficient (Wildman–Crippen LogP) is 0.519. The van der Waals surface area contributed by atoms with Crippen LogP contribution in [0.3, 0.4) is 0 Å². The summed E-state index contributed by atoms with van der Waals surface area (Å²) in [5.74, 6) is -7.10. The highest BCUT2D eigenvalue weighted by Crippen LogP contribution is 2.21. The van der Waals surface area contributed by atoms with Crippen molar-refractivity contribution in [3.05, 3.63) is 0 Å². The van der Waals surface area contributed by atoms with Gasteiger partial charge >= 0.3 is 17.9 Å². The summed E-state index contributed by atoms with van der Waals surface area (Å²) in [6, 6.07) is 0. The lowest BCUT2D eigenvalue weighted by Gasteiger charge is -2.18. The van der Waals surface area contributed by atoms with E-state index in [2.05, 4.69) is 0 Å². The summed E-state index contributed by atoms with van der Waals surface area (Å²) in [5, 5.41) is 25.9. The number of carboxylic acids is 3. The molecule has 0 spiro atoms. The second-order valence-electron chi connectivity index (χ2n) is 3.65. The molecule has 1 unspecified atom stereocenters. The number of carboxylic acid groups (broad SMARTS) is 3. The van der Waals surface area contributed by atoms with Crippen LogP contribution in [0.25, 0.3) is 0 Å². The fourth-order valence-electron chi connectivity index (χ4n) is 1.22. The van der Waals surface area contributed by atoms with Crippen molar-refractivity contribution in [2.75, 3.05) is 0 Å². The van der Waals surface area contributed by atoms with E-state index in [0.29, 0.717) is 0 Å². The van der Waals surface area contributed by atoms with E-state index in [0.717, 1.165) is 0 Å². The summed E-state index contributed by atoms with van der Waals surface area (Å²) in [7, 11) is 0. The lowest BCUT2D eigenvalue weighted by atomic mass is 9.86. The first-order valence-electron chi connectivity index (χ1n) is 4.45. The summed E-state index contributed by atoms with van der Waals surface area (Å²) in [4.78, 5) is 31.8. The van der Waals surface area contributed by atoms with Crippen LogP contribution in [0.5, 0.6) is 0 Å². The molecule has 0 aromatic heterocycles. The SMILES string of the molecule is CC(C)C(CC(C(=O)O)C(=O)O)C(=O)O. The first-order chi connectivity index (χ1) is 6.77. The van der Waals surface area contributed by atoms with Gasteiger partial charge in [-0.05, 0) is 12.3 Å². The molecule has 0 amide bonds. The molecule has 0 aliphatic heterocycles. The maximum Gasteiger partial charge on any atom is 0.317 e. The smallest absolute Gasteiger partial charge is 0.317 e. The topological polar surface area (TPSA) is 112 Å². The molecule has 0 saturated heterocycles. The Bertz CT molecular complexity index is 256. The van der Waals surface area contributed by atoms with Gasteiger partial charge in [-0.25, -0.2) is 0 Å². The Morgan fingerprint density at radius 2 is 1.33 bits per heavy atom. The molecule has 6 heteroatoms. The largest absolute Gasteiger partial charge is 0.481 e. The Labute approximate surface area is 86.5 Å². The number of rotatable bonds is 6. The monoisotopic (exact) mass is 218 g/mol. The normalized spacial score (nSPS) is 12.8. The van der Waals surface area contributed by atoms with Crippen molar-refractivity contribution in [3.63, 3.8) is 0 Å². The average Bonchev–Trinajstić information content (AvgIpc) is 2.01. The maximum absolute atomic E-state index is 10.7. The van der Waals surface area contributed by atoms with Crippen LogP contribution in [-0.4, -0.2) is 33.2 Å². The summed E-state index contributed by atoms with van der Waals surface area (Å²) in [6.07, 6.45) is -0.391. The highest BCUT2D eigenvalue weighted by molar-refractivity contribution is 5.93. The molecular formula is C9H14O6. The van der Waals surface area contributed by atoms with E-state index in [4.69, 9.17) is 15.3 Å². The summed E-state index contributed by atoms with van der Waals surface area (Å²) in [5.41, 5.74) is 0. The summed E-state index contributed by atoms with van der Waals surface area (Å²) < 4.78 is 0. The van der Waals surface area contributed by atoms with Gasteiger partial charge in [0.2, 0.25) is 0 Å². The van der Waals surface area contributed by atoms with Crippen LogP contribution in [-0.2, 0) is 14.4 Å². The van der Waals surface area contributed by atoms with Crippen LogP contribution in [0.1, 0.15) is 20.3 Å². The second-order valence-corrected chi connectivity index (χ2v) is 3.65. The molecular weight excluding hydrogens is 204 g/mol. The van der Waals surface area contributed by atoms with Gasteiger partial charge in [-0.3, -0.25) is 14.4 Å². The Kier molecular flexibility index (Phi) is 4.77. The third-order valence-electron chi connectivity index (χ3n) is 2.21. The third kappa shape index (κ3) is 3.97.